The molecule has 1 aliphatic rings. The molecule has 1 aliphatic carbocycles. The number of Topliss-reactive ketones (excluding diaryl/α,β-unsaturated/α-hetero) is 1. The molecule has 1 saturated carbocycles. The zero-order chi connectivity index (χ0) is 14.7. The molecule has 0 saturated heterocycles. The smallest absolute Gasteiger partial charge is 0.182 e. The normalized spacial score (nSPS) is 27.4. The van der Waals surface area contributed by atoms with Crippen molar-refractivity contribution in [2.45, 2.75) is 33.1 Å². The van der Waals surface area contributed by atoms with Gasteiger partial charge < -0.3 is 0 Å². The molecule has 0 aromatic rings. The van der Waals surface area contributed by atoms with Crippen molar-refractivity contribution in [3.8, 4) is 24.3 Å². The first-order valence-electron chi connectivity index (χ1n) is 6.16. The van der Waals surface area contributed by atoms with Gasteiger partial charge in [0.25, 0.3) is 0 Å². The zero-order valence-electron chi connectivity index (χ0n) is 11.0. The lowest BCUT2D eigenvalue weighted by Gasteiger charge is -2.43. The molecular formula is C14H14N4O. The van der Waals surface area contributed by atoms with Crippen LogP contribution in [0.5, 0.6) is 0 Å². The molecule has 1 rings (SSSR count). The Balaban J connectivity index is 3.49. The molecule has 0 heterocycles. The van der Waals surface area contributed by atoms with Crippen LogP contribution < -0.4 is 0 Å². The van der Waals surface area contributed by atoms with E-state index in [1.165, 1.54) is 0 Å². The Kier molecular flexibility index (Phi) is 3.94. The van der Waals surface area contributed by atoms with Crippen molar-refractivity contribution in [3.05, 3.63) is 0 Å². The predicted octanol–water partition coefficient (Wildman–Crippen LogP) is 2.08. The molecule has 0 aliphatic heterocycles. The van der Waals surface area contributed by atoms with Crippen molar-refractivity contribution in [1.82, 2.24) is 0 Å². The van der Waals surface area contributed by atoms with E-state index in [0.717, 1.165) is 6.42 Å². The standard InChI is InChI=1S/C14H14N4O/c1-3-4-11-10(2)14(8-17,9-18)13(6-15,7-16)5-12(11)19/h10-11H,3-5H2,1-2H3/t10-,11-/m0/s1. The molecule has 5 nitrogen and oxygen atoms in total. The maximum atomic E-state index is 12.1. The largest absolute Gasteiger partial charge is 0.299 e. The van der Waals surface area contributed by atoms with Crippen molar-refractivity contribution in [2.24, 2.45) is 22.7 Å². The van der Waals surface area contributed by atoms with Crippen LogP contribution in [-0.2, 0) is 4.79 Å². The first-order valence-corrected chi connectivity index (χ1v) is 6.16. The summed E-state index contributed by atoms with van der Waals surface area (Å²) in [5.41, 5.74) is -3.61. The molecule has 0 amide bonds. The first-order chi connectivity index (χ1) is 8.98. The number of hydrogen-bond donors (Lipinski definition) is 0. The van der Waals surface area contributed by atoms with E-state index in [0.29, 0.717) is 6.42 Å². The Bertz CT molecular complexity index is 524. The number of hydrogen-bond acceptors (Lipinski definition) is 5. The van der Waals surface area contributed by atoms with Gasteiger partial charge in [-0.15, -0.1) is 0 Å². The lowest BCUT2D eigenvalue weighted by atomic mass is 9.50. The van der Waals surface area contributed by atoms with Gasteiger partial charge in [0.05, 0.1) is 24.3 Å². The van der Waals surface area contributed by atoms with Gasteiger partial charge in [-0.3, -0.25) is 4.79 Å². The second-order valence-electron chi connectivity index (χ2n) is 4.99. The van der Waals surface area contributed by atoms with Crippen LogP contribution in [0.15, 0.2) is 0 Å². The highest BCUT2D eigenvalue weighted by molar-refractivity contribution is 5.85. The monoisotopic (exact) mass is 254 g/mol. The van der Waals surface area contributed by atoms with Gasteiger partial charge in [0.2, 0.25) is 0 Å². The zero-order valence-corrected chi connectivity index (χ0v) is 11.0. The van der Waals surface area contributed by atoms with Gasteiger partial charge in [0.15, 0.2) is 10.8 Å². The number of rotatable bonds is 2. The molecule has 19 heavy (non-hydrogen) atoms. The molecule has 0 radical (unpaired) electrons. The maximum Gasteiger partial charge on any atom is 0.182 e. The lowest BCUT2D eigenvalue weighted by molar-refractivity contribution is -0.132. The van der Waals surface area contributed by atoms with Crippen molar-refractivity contribution >= 4 is 5.78 Å². The molecule has 1 fully saturated rings. The fourth-order valence-corrected chi connectivity index (χ4v) is 2.92. The van der Waals surface area contributed by atoms with Crippen molar-refractivity contribution < 1.29 is 4.79 Å². The van der Waals surface area contributed by atoms with Gasteiger partial charge in [-0.2, -0.15) is 21.0 Å². The third kappa shape index (κ3) is 1.76. The van der Waals surface area contributed by atoms with E-state index in [2.05, 4.69) is 0 Å². The van der Waals surface area contributed by atoms with Gasteiger partial charge in [-0.05, 0) is 6.42 Å². The number of carbonyl (C=O) groups excluding carboxylic acids is 1. The van der Waals surface area contributed by atoms with E-state index in [-0.39, 0.29) is 12.2 Å². The second kappa shape index (κ2) is 5.09. The minimum Gasteiger partial charge on any atom is -0.299 e. The molecule has 96 valence electrons. The molecule has 0 bridgehead atoms. The second-order valence-corrected chi connectivity index (χ2v) is 4.99. The first kappa shape index (κ1) is 14.7. The predicted molar refractivity (Wildman–Crippen MR) is 64.5 cm³/mol. The van der Waals surface area contributed by atoms with Gasteiger partial charge in [0.1, 0.15) is 5.78 Å². The van der Waals surface area contributed by atoms with E-state index in [4.69, 9.17) is 0 Å². The minimum absolute atomic E-state index is 0.196. The van der Waals surface area contributed by atoms with Crippen LogP contribution in [0, 0.1) is 68.0 Å². The van der Waals surface area contributed by atoms with Crippen molar-refractivity contribution in [1.29, 1.82) is 21.0 Å². The Morgan fingerprint density at radius 1 is 1.16 bits per heavy atom. The summed E-state index contributed by atoms with van der Waals surface area (Å²) in [6.45, 7) is 3.53. The topological polar surface area (TPSA) is 112 Å². The number of ketones is 1. The Labute approximate surface area is 112 Å². The van der Waals surface area contributed by atoms with Crippen LogP contribution in [0.25, 0.3) is 0 Å². The van der Waals surface area contributed by atoms with Crippen LogP contribution >= 0.6 is 0 Å². The van der Waals surface area contributed by atoms with Crippen molar-refractivity contribution in [3.63, 3.8) is 0 Å². The van der Waals surface area contributed by atoms with E-state index in [1.54, 1.807) is 19.1 Å². The SMILES string of the molecule is CCC[C@@H]1C(=O)CC(C#N)(C#N)C(C#N)(C#N)[C@H]1C. The van der Waals surface area contributed by atoms with Gasteiger partial charge in [-0.25, -0.2) is 0 Å². The average Bonchev–Trinajstić information content (AvgIpc) is 2.43. The van der Waals surface area contributed by atoms with Crippen LogP contribution in [-0.4, -0.2) is 5.78 Å². The van der Waals surface area contributed by atoms with E-state index in [1.807, 2.05) is 19.1 Å². The molecule has 0 aromatic carbocycles. The maximum absolute atomic E-state index is 12.1. The molecule has 5 heteroatoms. The van der Waals surface area contributed by atoms with Crippen LogP contribution in [0.3, 0.4) is 0 Å². The van der Waals surface area contributed by atoms with Gasteiger partial charge in [-0.1, -0.05) is 20.3 Å². The highest BCUT2D eigenvalue weighted by Crippen LogP contribution is 2.54. The summed E-state index contributed by atoms with van der Waals surface area (Å²) in [4.78, 5) is 12.1. The Hall–Kier alpha value is -2.37. The summed E-state index contributed by atoms with van der Waals surface area (Å²) in [6, 6.07) is 7.23. The third-order valence-electron chi connectivity index (χ3n) is 4.15. The average molecular weight is 254 g/mol. The quantitative estimate of drug-likeness (QED) is 0.748. The van der Waals surface area contributed by atoms with Crippen molar-refractivity contribution in [2.75, 3.05) is 0 Å². The number of carbonyl (C=O) groups is 1. The van der Waals surface area contributed by atoms with E-state index in [9.17, 15) is 25.8 Å². The summed E-state index contributed by atoms with van der Waals surface area (Å²) in [6.07, 6.45) is 0.980. The van der Waals surface area contributed by atoms with E-state index < -0.39 is 22.7 Å². The molecule has 0 N–H and O–H groups in total. The number of nitriles is 4. The Morgan fingerprint density at radius 3 is 2.05 bits per heavy atom. The minimum atomic E-state index is -1.86. The molecule has 0 unspecified atom stereocenters. The highest BCUT2D eigenvalue weighted by atomic mass is 16.1. The summed E-state index contributed by atoms with van der Waals surface area (Å²) in [5, 5.41) is 37.3. The fourth-order valence-electron chi connectivity index (χ4n) is 2.92. The molecule has 2 atom stereocenters. The summed E-state index contributed by atoms with van der Waals surface area (Å²) >= 11 is 0. The van der Waals surface area contributed by atoms with Gasteiger partial charge in [0, 0.05) is 18.3 Å². The van der Waals surface area contributed by atoms with Gasteiger partial charge >= 0.3 is 0 Å². The van der Waals surface area contributed by atoms with E-state index >= 15 is 0 Å². The number of nitrogens with zero attached hydrogens (tertiary/aromatic N) is 4. The lowest BCUT2D eigenvalue weighted by Crippen LogP contribution is -2.53. The van der Waals surface area contributed by atoms with Crippen LogP contribution in [0.2, 0.25) is 0 Å². The third-order valence-corrected chi connectivity index (χ3v) is 4.15. The Morgan fingerprint density at radius 2 is 1.68 bits per heavy atom. The summed E-state index contributed by atoms with van der Waals surface area (Å²) < 4.78 is 0. The summed E-state index contributed by atoms with van der Waals surface area (Å²) in [7, 11) is 0. The highest BCUT2D eigenvalue weighted by Gasteiger charge is 2.64. The van der Waals surface area contributed by atoms with Crippen LogP contribution in [0.1, 0.15) is 33.1 Å². The fraction of sp³-hybridized carbons (Fsp3) is 0.643. The molecule has 0 aromatic heterocycles. The molecular weight excluding hydrogens is 240 g/mol. The van der Waals surface area contributed by atoms with Crippen LogP contribution in [0.4, 0.5) is 0 Å². The molecule has 0 spiro atoms. The summed E-state index contributed by atoms with van der Waals surface area (Å²) in [5.74, 6) is -1.25.